The van der Waals surface area contributed by atoms with Crippen LogP contribution in [0.5, 0.6) is 0 Å². The van der Waals surface area contributed by atoms with E-state index >= 15 is 0 Å². The van der Waals surface area contributed by atoms with Gasteiger partial charge in [0.05, 0.1) is 18.7 Å². The van der Waals surface area contributed by atoms with Crippen molar-refractivity contribution in [3.8, 4) is 0 Å². The van der Waals surface area contributed by atoms with Crippen molar-refractivity contribution in [2.45, 2.75) is 13.1 Å². The van der Waals surface area contributed by atoms with Crippen molar-refractivity contribution in [3.05, 3.63) is 26.4 Å². The summed E-state index contributed by atoms with van der Waals surface area (Å²) in [5.41, 5.74) is 5.59. The summed E-state index contributed by atoms with van der Waals surface area (Å²) in [7, 11) is 3.63. The van der Waals surface area contributed by atoms with Gasteiger partial charge in [-0.15, -0.1) is 0 Å². The van der Waals surface area contributed by atoms with E-state index in [4.69, 9.17) is 10.5 Å². The molecule has 8 heteroatoms. The number of hydrogen-bond acceptors (Lipinski definition) is 6. The van der Waals surface area contributed by atoms with E-state index in [1.54, 1.807) is 7.11 Å². The van der Waals surface area contributed by atoms with Crippen LogP contribution in [0.15, 0.2) is 9.59 Å². The molecule has 1 saturated heterocycles. The van der Waals surface area contributed by atoms with Gasteiger partial charge in [-0.25, -0.2) is 4.79 Å². The van der Waals surface area contributed by atoms with E-state index in [9.17, 15) is 9.59 Å². The molecule has 2 rings (SSSR count). The number of nitrogens with one attached hydrogen (secondary N) is 1. The number of piperazine rings is 1. The van der Waals surface area contributed by atoms with Crippen molar-refractivity contribution in [2.24, 2.45) is 0 Å². The van der Waals surface area contributed by atoms with Crippen molar-refractivity contribution in [1.82, 2.24) is 19.4 Å². The number of ether oxygens (including phenoxy) is 1. The molecule has 1 aliphatic rings. The third-order valence-corrected chi connectivity index (χ3v) is 3.84. The zero-order valence-electron chi connectivity index (χ0n) is 12.6. The fourth-order valence-corrected chi connectivity index (χ4v) is 2.42. The molecule has 2 heterocycles. The summed E-state index contributed by atoms with van der Waals surface area (Å²) in [6.45, 7) is 4.83. The Balaban J connectivity index is 2.22. The highest BCUT2D eigenvalue weighted by atomic mass is 16.5. The van der Waals surface area contributed by atoms with Crippen LogP contribution < -0.4 is 17.0 Å². The Hall–Kier alpha value is -1.64. The van der Waals surface area contributed by atoms with Gasteiger partial charge >= 0.3 is 5.69 Å². The average Bonchev–Trinajstić information content (AvgIpc) is 2.45. The maximum absolute atomic E-state index is 12.0. The maximum Gasteiger partial charge on any atom is 0.329 e. The van der Waals surface area contributed by atoms with E-state index in [1.165, 1.54) is 4.57 Å². The number of nitrogens with two attached hydrogens (primary N) is 1. The number of hydrogen-bond donors (Lipinski definition) is 2. The first-order chi connectivity index (χ1) is 10.0. The molecule has 1 fully saturated rings. The Morgan fingerprint density at radius 1 is 1.24 bits per heavy atom. The van der Waals surface area contributed by atoms with Gasteiger partial charge in [-0.1, -0.05) is 0 Å². The van der Waals surface area contributed by atoms with E-state index < -0.39 is 11.2 Å². The normalized spacial score (nSPS) is 17.2. The number of nitrogens with zero attached hydrogens (tertiary/aromatic N) is 3. The third-order valence-electron chi connectivity index (χ3n) is 3.84. The highest BCUT2D eigenvalue weighted by Crippen LogP contribution is 2.09. The molecule has 0 bridgehead atoms. The Labute approximate surface area is 123 Å². The lowest BCUT2D eigenvalue weighted by Crippen LogP contribution is -2.45. The summed E-state index contributed by atoms with van der Waals surface area (Å²) >= 11 is 0. The minimum absolute atomic E-state index is 0.236. The van der Waals surface area contributed by atoms with Gasteiger partial charge in [0.15, 0.2) is 0 Å². The van der Waals surface area contributed by atoms with Crippen LogP contribution in [-0.4, -0.2) is 66.3 Å². The second-order valence-corrected chi connectivity index (χ2v) is 5.35. The number of aromatic nitrogens is 2. The highest BCUT2D eigenvalue weighted by Gasteiger charge is 2.18. The van der Waals surface area contributed by atoms with Crippen molar-refractivity contribution in [1.29, 1.82) is 0 Å². The molecular weight excluding hydrogens is 274 g/mol. The smallest absolute Gasteiger partial charge is 0.329 e. The molecule has 0 aliphatic carbocycles. The van der Waals surface area contributed by atoms with Gasteiger partial charge in [0.1, 0.15) is 5.82 Å². The second-order valence-electron chi connectivity index (χ2n) is 5.35. The van der Waals surface area contributed by atoms with Crippen molar-refractivity contribution >= 4 is 5.82 Å². The Kier molecular flexibility index (Phi) is 5.16. The first-order valence-corrected chi connectivity index (χ1v) is 7.04. The van der Waals surface area contributed by atoms with E-state index in [-0.39, 0.29) is 5.82 Å². The third kappa shape index (κ3) is 3.72. The second kappa shape index (κ2) is 6.88. The number of H-pyrrole nitrogens is 1. The largest absolute Gasteiger partial charge is 0.385 e. The SMILES string of the molecule is COCCn1c(N)c(CN2CCN(C)CC2)c(=O)[nH]c1=O. The number of aromatic amines is 1. The van der Waals surface area contributed by atoms with Crippen LogP contribution in [0.1, 0.15) is 5.56 Å². The summed E-state index contributed by atoms with van der Waals surface area (Å²) < 4.78 is 6.32. The Bertz CT molecular complexity index is 586. The molecule has 0 aromatic carbocycles. The summed E-state index contributed by atoms with van der Waals surface area (Å²) in [5, 5.41) is 0. The van der Waals surface area contributed by atoms with Crippen molar-refractivity contribution in [3.63, 3.8) is 0 Å². The molecule has 1 aromatic rings. The molecule has 0 unspecified atom stereocenters. The van der Waals surface area contributed by atoms with Gasteiger partial charge in [-0.2, -0.15) is 0 Å². The van der Waals surface area contributed by atoms with Crippen LogP contribution >= 0.6 is 0 Å². The molecule has 21 heavy (non-hydrogen) atoms. The number of methoxy groups -OCH3 is 1. The molecule has 1 aromatic heterocycles. The van der Waals surface area contributed by atoms with Gasteiger partial charge in [0.25, 0.3) is 5.56 Å². The predicted molar refractivity (Wildman–Crippen MR) is 80.4 cm³/mol. The fourth-order valence-electron chi connectivity index (χ4n) is 2.42. The topological polar surface area (TPSA) is 96.6 Å². The molecule has 3 N–H and O–H groups in total. The summed E-state index contributed by atoms with van der Waals surface area (Å²) in [4.78, 5) is 30.6. The van der Waals surface area contributed by atoms with Crippen LogP contribution in [0.25, 0.3) is 0 Å². The van der Waals surface area contributed by atoms with Crippen LogP contribution in [-0.2, 0) is 17.8 Å². The molecule has 118 valence electrons. The summed E-state index contributed by atoms with van der Waals surface area (Å²) in [5.74, 6) is 0.236. The minimum Gasteiger partial charge on any atom is -0.385 e. The Morgan fingerprint density at radius 3 is 2.52 bits per heavy atom. The standard InChI is InChI=1S/C13H23N5O3/c1-16-3-5-17(6-4-16)9-10-11(14)18(7-8-21-2)13(20)15-12(10)19/h3-9,14H2,1-2H3,(H,15,19,20). The van der Waals surface area contributed by atoms with Crippen LogP contribution in [0.2, 0.25) is 0 Å². The first kappa shape index (κ1) is 15.7. The van der Waals surface area contributed by atoms with Gasteiger partial charge < -0.3 is 15.4 Å². The molecular formula is C13H23N5O3. The molecule has 0 amide bonds. The molecule has 0 saturated carbocycles. The van der Waals surface area contributed by atoms with Crippen LogP contribution in [0.3, 0.4) is 0 Å². The number of anilines is 1. The van der Waals surface area contributed by atoms with E-state index in [0.29, 0.717) is 25.3 Å². The first-order valence-electron chi connectivity index (χ1n) is 7.04. The molecule has 0 radical (unpaired) electrons. The zero-order valence-corrected chi connectivity index (χ0v) is 12.6. The van der Waals surface area contributed by atoms with Gasteiger partial charge in [-0.3, -0.25) is 19.2 Å². The fraction of sp³-hybridized carbons (Fsp3) is 0.692. The van der Waals surface area contributed by atoms with Gasteiger partial charge in [0.2, 0.25) is 0 Å². The monoisotopic (exact) mass is 297 g/mol. The highest BCUT2D eigenvalue weighted by molar-refractivity contribution is 5.38. The van der Waals surface area contributed by atoms with E-state index in [1.807, 2.05) is 0 Å². The molecule has 8 nitrogen and oxygen atoms in total. The number of rotatable bonds is 5. The van der Waals surface area contributed by atoms with E-state index in [0.717, 1.165) is 26.2 Å². The lowest BCUT2D eigenvalue weighted by Gasteiger charge is -2.32. The number of likely N-dealkylation sites (N-methyl/N-ethyl adjacent to an activating group) is 1. The van der Waals surface area contributed by atoms with Crippen LogP contribution in [0.4, 0.5) is 5.82 Å². The summed E-state index contributed by atoms with van der Waals surface area (Å²) in [6.07, 6.45) is 0. The van der Waals surface area contributed by atoms with Gasteiger partial charge in [-0.05, 0) is 7.05 Å². The van der Waals surface area contributed by atoms with Crippen molar-refractivity contribution < 1.29 is 4.74 Å². The predicted octanol–water partition coefficient (Wildman–Crippen LogP) is -1.49. The van der Waals surface area contributed by atoms with Crippen molar-refractivity contribution in [2.75, 3.05) is 52.7 Å². The van der Waals surface area contributed by atoms with Gasteiger partial charge in [0, 0.05) is 39.8 Å². The van der Waals surface area contributed by atoms with Crippen LogP contribution in [0, 0.1) is 0 Å². The number of nitrogen functional groups attached to an aromatic ring is 1. The summed E-state index contributed by atoms with van der Waals surface area (Å²) in [6, 6.07) is 0. The lowest BCUT2D eigenvalue weighted by atomic mass is 10.2. The average molecular weight is 297 g/mol. The molecule has 1 aliphatic heterocycles. The lowest BCUT2D eigenvalue weighted by molar-refractivity contribution is 0.147. The zero-order chi connectivity index (χ0) is 15.4. The molecule has 0 atom stereocenters. The quantitative estimate of drug-likeness (QED) is 0.687. The van der Waals surface area contributed by atoms with E-state index in [2.05, 4.69) is 21.8 Å². The maximum atomic E-state index is 12.0. The Morgan fingerprint density at radius 2 is 1.90 bits per heavy atom. The minimum atomic E-state index is -0.489. The molecule has 0 spiro atoms.